The average Bonchev–Trinajstić information content (AvgIpc) is 3.30. The lowest BCUT2D eigenvalue weighted by Crippen LogP contribution is -2.44. The van der Waals surface area contributed by atoms with Gasteiger partial charge in [0.15, 0.2) is 0 Å². The Balaban J connectivity index is 1.61. The third kappa shape index (κ3) is 2.97. The molecule has 160 valence electrons. The van der Waals surface area contributed by atoms with Gasteiger partial charge in [0.2, 0.25) is 0 Å². The zero-order chi connectivity index (χ0) is 21.7. The summed E-state index contributed by atoms with van der Waals surface area (Å²) < 4.78 is 29.0. The summed E-state index contributed by atoms with van der Waals surface area (Å²) in [5, 5.41) is 6.96. The number of benzene rings is 3. The topological polar surface area (TPSA) is 67.2 Å². The Bertz CT molecular complexity index is 1580. The summed E-state index contributed by atoms with van der Waals surface area (Å²) in [5.41, 5.74) is 1.47. The Morgan fingerprint density at radius 1 is 0.812 bits per heavy atom. The number of fused-ring (bicyclic) bond motifs is 4. The van der Waals surface area contributed by atoms with Crippen molar-refractivity contribution in [1.82, 2.24) is 14.3 Å². The number of aromatic nitrogens is 2. The first-order valence-corrected chi connectivity index (χ1v) is 12.2. The van der Waals surface area contributed by atoms with Crippen LogP contribution in [0.25, 0.3) is 32.6 Å². The second-order valence-electron chi connectivity index (χ2n) is 8.08. The number of anilines is 1. The maximum absolute atomic E-state index is 13.8. The van der Waals surface area contributed by atoms with Crippen molar-refractivity contribution in [3.8, 4) is 0 Å². The lowest BCUT2D eigenvalue weighted by molar-refractivity contribution is 0.586. The van der Waals surface area contributed by atoms with Crippen LogP contribution in [0.2, 0.25) is 0 Å². The van der Waals surface area contributed by atoms with E-state index in [-0.39, 0.29) is 4.90 Å². The van der Waals surface area contributed by atoms with Crippen molar-refractivity contribution in [2.45, 2.75) is 4.90 Å². The van der Waals surface area contributed by atoms with Gasteiger partial charge >= 0.3 is 0 Å². The van der Waals surface area contributed by atoms with Gasteiger partial charge < -0.3 is 10.2 Å². The molecule has 6 rings (SSSR count). The van der Waals surface area contributed by atoms with Gasteiger partial charge in [0.05, 0.1) is 15.9 Å². The molecule has 1 N–H and O–H groups in total. The molecular weight excluding hydrogens is 420 g/mol. The molecule has 0 aliphatic carbocycles. The average molecular weight is 443 g/mol. The van der Waals surface area contributed by atoms with Crippen LogP contribution in [0, 0.1) is 0 Å². The number of nitrogens with one attached hydrogen (secondary N) is 1. The monoisotopic (exact) mass is 442 g/mol. The van der Waals surface area contributed by atoms with Crippen molar-refractivity contribution >= 4 is 48.4 Å². The van der Waals surface area contributed by atoms with E-state index in [4.69, 9.17) is 4.98 Å². The summed E-state index contributed by atoms with van der Waals surface area (Å²) >= 11 is 0. The second kappa shape index (κ2) is 7.32. The van der Waals surface area contributed by atoms with Crippen LogP contribution >= 0.6 is 0 Å². The smallest absolute Gasteiger partial charge is 0.268 e. The van der Waals surface area contributed by atoms with Crippen molar-refractivity contribution in [2.75, 3.05) is 31.1 Å². The number of hydrogen-bond acceptors (Lipinski definition) is 5. The molecule has 32 heavy (non-hydrogen) atoms. The number of piperazine rings is 1. The molecule has 0 spiro atoms. The van der Waals surface area contributed by atoms with E-state index in [1.807, 2.05) is 60.7 Å². The van der Waals surface area contributed by atoms with E-state index in [9.17, 15) is 8.42 Å². The molecule has 7 heteroatoms. The first-order chi connectivity index (χ1) is 15.6. The number of nitrogens with zero attached hydrogens (tertiary/aromatic N) is 3. The lowest BCUT2D eigenvalue weighted by atomic mass is 10.1. The maximum Gasteiger partial charge on any atom is 0.268 e. The van der Waals surface area contributed by atoms with E-state index in [2.05, 4.69) is 10.2 Å². The van der Waals surface area contributed by atoms with Crippen molar-refractivity contribution in [3.05, 3.63) is 79.0 Å². The van der Waals surface area contributed by atoms with Crippen LogP contribution in [0.3, 0.4) is 0 Å². The zero-order valence-electron chi connectivity index (χ0n) is 17.4. The van der Waals surface area contributed by atoms with Gasteiger partial charge in [-0.1, -0.05) is 48.5 Å². The van der Waals surface area contributed by atoms with E-state index in [1.54, 1.807) is 18.3 Å². The Kier molecular flexibility index (Phi) is 4.41. The van der Waals surface area contributed by atoms with Crippen LogP contribution in [0.5, 0.6) is 0 Å². The third-order valence-electron chi connectivity index (χ3n) is 6.17. The summed E-state index contributed by atoms with van der Waals surface area (Å²) in [7, 11) is -3.79. The summed E-state index contributed by atoms with van der Waals surface area (Å²) in [6, 6.07) is 22.7. The molecule has 5 aromatic rings. The molecule has 1 saturated heterocycles. The van der Waals surface area contributed by atoms with Crippen molar-refractivity contribution < 1.29 is 8.42 Å². The standard InChI is InChI=1S/C25H22N4O2S/c30-32(31,20-10-9-18-5-1-2-6-19(18)17-20)29-14-11-22-24(29)21-7-3-4-8-23(21)27-25(22)28-15-12-26-13-16-28/h1-11,14,17,26H,12-13,15-16H2. The molecular formula is C25H22N4O2S. The fourth-order valence-corrected chi connectivity index (χ4v) is 5.96. The quantitative estimate of drug-likeness (QED) is 0.458. The van der Waals surface area contributed by atoms with Gasteiger partial charge in [-0.25, -0.2) is 17.4 Å². The van der Waals surface area contributed by atoms with E-state index in [0.717, 1.165) is 59.1 Å². The Morgan fingerprint density at radius 2 is 1.56 bits per heavy atom. The summed E-state index contributed by atoms with van der Waals surface area (Å²) in [4.78, 5) is 7.44. The van der Waals surface area contributed by atoms with Gasteiger partial charge in [0.25, 0.3) is 10.0 Å². The molecule has 0 radical (unpaired) electrons. The highest BCUT2D eigenvalue weighted by Crippen LogP contribution is 2.34. The van der Waals surface area contributed by atoms with Crippen LogP contribution in [-0.4, -0.2) is 43.6 Å². The summed E-state index contributed by atoms with van der Waals surface area (Å²) in [5.74, 6) is 0.840. The van der Waals surface area contributed by atoms with E-state index in [0.29, 0.717) is 5.52 Å². The predicted molar refractivity (Wildman–Crippen MR) is 129 cm³/mol. The number of hydrogen-bond donors (Lipinski definition) is 1. The van der Waals surface area contributed by atoms with Crippen molar-refractivity contribution in [3.63, 3.8) is 0 Å². The van der Waals surface area contributed by atoms with Crippen molar-refractivity contribution in [2.24, 2.45) is 0 Å². The number of para-hydroxylation sites is 1. The van der Waals surface area contributed by atoms with Gasteiger partial charge in [-0.05, 0) is 35.0 Å². The van der Waals surface area contributed by atoms with Crippen LogP contribution in [0.15, 0.2) is 83.9 Å². The van der Waals surface area contributed by atoms with Gasteiger partial charge in [-0.3, -0.25) is 0 Å². The largest absolute Gasteiger partial charge is 0.353 e. The van der Waals surface area contributed by atoms with E-state index >= 15 is 0 Å². The van der Waals surface area contributed by atoms with Gasteiger partial charge in [0.1, 0.15) is 5.82 Å². The van der Waals surface area contributed by atoms with Crippen LogP contribution in [0.4, 0.5) is 5.82 Å². The minimum absolute atomic E-state index is 0.276. The molecule has 0 amide bonds. The highest BCUT2D eigenvalue weighted by Gasteiger charge is 2.24. The fraction of sp³-hybridized carbons (Fsp3) is 0.160. The van der Waals surface area contributed by atoms with Crippen molar-refractivity contribution in [1.29, 1.82) is 0 Å². The lowest BCUT2D eigenvalue weighted by Gasteiger charge is -2.29. The molecule has 0 saturated carbocycles. The van der Waals surface area contributed by atoms with E-state index < -0.39 is 10.0 Å². The first-order valence-electron chi connectivity index (χ1n) is 10.7. The molecule has 1 fully saturated rings. The molecule has 0 atom stereocenters. The highest BCUT2D eigenvalue weighted by atomic mass is 32.2. The molecule has 1 aliphatic heterocycles. The van der Waals surface area contributed by atoms with Gasteiger partial charge in [0, 0.05) is 43.1 Å². The number of rotatable bonds is 3. The predicted octanol–water partition coefficient (Wildman–Crippen LogP) is 3.99. The minimum atomic E-state index is -3.79. The fourth-order valence-electron chi connectivity index (χ4n) is 4.56. The molecule has 0 unspecified atom stereocenters. The van der Waals surface area contributed by atoms with Gasteiger partial charge in [-0.15, -0.1) is 0 Å². The Morgan fingerprint density at radius 3 is 2.41 bits per heavy atom. The summed E-state index contributed by atoms with van der Waals surface area (Å²) in [6.45, 7) is 3.43. The Labute approximate surface area is 186 Å². The summed E-state index contributed by atoms with van der Waals surface area (Å²) in [6.07, 6.45) is 1.66. The highest BCUT2D eigenvalue weighted by molar-refractivity contribution is 7.90. The van der Waals surface area contributed by atoms with E-state index in [1.165, 1.54) is 3.97 Å². The second-order valence-corrected chi connectivity index (χ2v) is 9.89. The zero-order valence-corrected chi connectivity index (χ0v) is 18.2. The van der Waals surface area contributed by atoms with Crippen LogP contribution in [-0.2, 0) is 10.0 Å². The first kappa shape index (κ1) is 19.3. The third-order valence-corrected chi connectivity index (χ3v) is 7.84. The molecule has 1 aliphatic rings. The maximum atomic E-state index is 13.8. The van der Waals surface area contributed by atoms with Crippen LogP contribution < -0.4 is 10.2 Å². The van der Waals surface area contributed by atoms with Crippen LogP contribution in [0.1, 0.15) is 0 Å². The molecule has 6 nitrogen and oxygen atoms in total. The van der Waals surface area contributed by atoms with Gasteiger partial charge in [-0.2, -0.15) is 0 Å². The Hall–Kier alpha value is -3.42. The normalized spacial score (nSPS) is 15.1. The molecule has 2 aromatic heterocycles. The molecule has 3 heterocycles. The minimum Gasteiger partial charge on any atom is -0.353 e. The molecule has 3 aromatic carbocycles. The number of pyridine rings is 1. The molecule has 0 bridgehead atoms. The SMILES string of the molecule is O=S(=O)(c1ccc2ccccc2c1)n1ccc2c(N3CCNCC3)nc3ccccc3c21.